The Hall–Kier alpha value is -0.0800. The number of piperidine rings is 1. The van der Waals surface area contributed by atoms with Crippen molar-refractivity contribution in [3.63, 3.8) is 0 Å². The van der Waals surface area contributed by atoms with Gasteiger partial charge in [0.1, 0.15) is 0 Å². The van der Waals surface area contributed by atoms with Crippen molar-refractivity contribution in [3.8, 4) is 0 Å². The first-order chi connectivity index (χ1) is 6.68. The number of rotatable bonds is 3. The van der Waals surface area contributed by atoms with Gasteiger partial charge in [0, 0.05) is 18.5 Å². The molecule has 0 N–H and O–H groups in total. The van der Waals surface area contributed by atoms with E-state index in [0.717, 1.165) is 18.6 Å². The average Bonchev–Trinajstić information content (AvgIpc) is 3.00. The largest absolute Gasteiger partial charge is 0.377 e. The summed E-state index contributed by atoms with van der Waals surface area (Å²) in [5.74, 6) is 0.871. The lowest BCUT2D eigenvalue weighted by molar-refractivity contribution is -0.0144. The van der Waals surface area contributed by atoms with Crippen molar-refractivity contribution in [1.29, 1.82) is 0 Å². The summed E-state index contributed by atoms with van der Waals surface area (Å²) in [5.41, 5.74) is 0.563. The molecule has 1 heterocycles. The van der Waals surface area contributed by atoms with Crippen LogP contribution in [0.4, 0.5) is 0 Å². The second-order valence-electron chi connectivity index (χ2n) is 5.90. The molecule has 1 aliphatic heterocycles. The van der Waals surface area contributed by atoms with Crippen LogP contribution in [0.3, 0.4) is 0 Å². The zero-order chi connectivity index (χ0) is 9.76. The van der Waals surface area contributed by atoms with Gasteiger partial charge in [-0.3, -0.25) is 0 Å². The summed E-state index contributed by atoms with van der Waals surface area (Å²) >= 11 is 0. The molecule has 3 rings (SSSR count). The summed E-state index contributed by atoms with van der Waals surface area (Å²) in [7, 11) is 2.25. The van der Waals surface area contributed by atoms with Crippen LogP contribution >= 0.6 is 0 Å². The van der Waals surface area contributed by atoms with Gasteiger partial charge in [-0.1, -0.05) is 6.92 Å². The van der Waals surface area contributed by atoms with Crippen LogP contribution < -0.4 is 0 Å². The van der Waals surface area contributed by atoms with Crippen LogP contribution in [-0.4, -0.2) is 37.2 Å². The van der Waals surface area contributed by atoms with Crippen LogP contribution in [0.1, 0.15) is 32.6 Å². The van der Waals surface area contributed by atoms with Gasteiger partial charge < -0.3 is 9.64 Å². The molecule has 0 bridgehead atoms. The van der Waals surface area contributed by atoms with Gasteiger partial charge in [0.25, 0.3) is 0 Å². The van der Waals surface area contributed by atoms with Crippen molar-refractivity contribution in [2.24, 2.45) is 11.3 Å². The highest BCUT2D eigenvalue weighted by Gasteiger charge is 2.50. The second-order valence-corrected chi connectivity index (χ2v) is 5.90. The van der Waals surface area contributed by atoms with E-state index in [1.807, 2.05) is 0 Å². The summed E-state index contributed by atoms with van der Waals surface area (Å²) < 4.78 is 6.09. The molecule has 3 unspecified atom stereocenters. The molecule has 3 aliphatic rings. The monoisotopic (exact) mass is 195 g/mol. The molecular weight excluding hydrogens is 174 g/mol. The van der Waals surface area contributed by atoms with Gasteiger partial charge in [0.15, 0.2) is 0 Å². The number of likely N-dealkylation sites (tertiary alicyclic amines) is 1. The molecule has 2 nitrogen and oxygen atoms in total. The fraction of sp³-hybridized carbons (Fsp3) is 1.00. The van der Waals surface area contributed by atoms with Crippen LogP contribution in [-0.2, 0) is 4.74 Å². The molecule has 0 spiro atoms. The first-order valence-corrected chi connectivity index (χ1v) is 6.00. The summed E-state index contributed by atoms with van der Waals surface area (Å²) in [5, 5.41) is 0. The highest BCUT2D eigenvalue weighted by molar-refractivity contribution is 5.02. The van der Waals surface area contributed by atoms with Gasteiger partial charge in [-0.05, 0) is 38.1 Å². The van der Waals surface area contributed by atoms with E-state index in [-0.39, 0.29) is 0 Å². The van der Waals surface area contributed by atoms with Crippen molar-refractivity contribution in [3.05, 3.63) is 0 Å². The first kappa shape index (κ1) is 9.17. The summed E-state index contributed by atoms with van der Waals surface area (Å²) in [6, 6.07) is 0.862. The van der Waals surface area contributed by atoms with Crippen LogP contribution in [0.5, 0.6) is 0 Å². The van der Waals surface area contributed by atoms with E-state index in [9.17, 15) is 0 Å². The van der Waals surface area contributed by atoms with E-state index in [0.29, 0.717) is 11.5 Å². The van der Waals surface area contributed by atoms with Crippen LogP contribution in [0.2, 0.25) is 0 Å². The number of fused-ring (bicyclic) bond motifs is 1. The molecule has 0 radical (unpaired) electrons. The van der Waals surface area contributed by atoms with Gasteiger partial charge in [0.05, 0.1) is 12.7 Å². The Kier molecular flexibility index (Phi) is 1.94. The Morgan fingerprint density at radius 3 is 2.93 bits per heavy atom. The minimum absolute atomic E-state index is 0.563. The molecule has 1 saturated heterocycles. The summed E-state index contributed by atoms with van der Waals surface area (Å²) in [6.45, 7) is 4.61. The molecule has 14 heavy (non-hydrogen) atoms. The molecule has 2 aliphatic carbocycles. The smallest absolute Gasteiger partial charge is 0.0631 e. The van der Waals surface area contributed by atoms with Crippen molar-refractivity contribution in [1.82, 2.24) is 4.90 Å². The Morgan fingerprint density at radius 2 is 2.21 bits per heavy atom. The predicted molar refractivity (Wildman–Crippen MR) is 56.2 cm³/mol. The molecule has 0 aromatic carbocycles. The normalized spacial score (nSPS) is 44.6. The van der Waals surface area contributed by atoms with Crippen molar-refractivity contribution >= 4 is 0 Å². The van der Waals surface area contributed by atoms with Gasteiger partial charge in [0.2, 0.25) is 0 Å². The lowest BCUT2D eigenvalue weighted by atomic mass is 10.1. The predicted octanol–water partition coefficient (Wildman–Crippen LogP) is 1.90. The maximum absolute atomic E-state index is 6.09. The van der Waals surface area contributed by atoms with Gasteiger partial charge in [-0.2, -0.15) is 0 Å². The highest BCUT2D eigenvalue weighted by Crippen LogP contribution is 2.48. The number of hydrogen-bond acceptors (Lipinski definition) is 2. The topological polar surface area (TPSA) is 12.5 Å². The fourth-order valence-electron chi connectivity index (χ4n) is 2.69. The third-order valence-electron chi connectivity index (χ3n) is 4.36. The van der Waals surface area contributed by atoms with Crippen molar-refractivity contribution in [2.45, 2.75) is 44.8 Å². The third-order valence-corrected chi connectivity index (χ3v) is 4.36. The molecule has 2 heteroatoms. The molecular formula is C12H21NO. The zero-order valence-electron chi connectivity index (χ0n) is 9.33. The van der Waals surface area contributed by atoms with E-state index in [1.165, 1.54) is 32.2 Å². The molecule has 0 amide bonds. The highest BCUT2D eigenvalue weighted by atomic mass is 16.5. The lowest BCUT2D eigenvalue weighted by Gasteiger charge is -2.29. The molecule has 80 valence electrons. The summed E-state index contributed by atoms with van der Waals surface area (Å²) in [6.07, 6.45) is 6.00. The molecule has 2 saturated carbocycles. The van der Waals surface area contributed by atoms with Gasteiger partial charge in [-0.25, -0.2) is 0 Å². The van der Waals surface area contributed by atoms with Gasteiger partial charge in [-0.15, -0.1) is 0 Å². The maximum Gasteiger partial charge on any atom is 0.0631 e. The van der Waals surface area contributed by atoms with Gasteiger partial charge >= 0.3 is 0 Å². The Balaban J connectivity index is 1.50. The molecule has 3 fully saturated rings. The molecule has 0 aromatic rings. The zero-order valence-corrected chi connectivity index (χ0v) is 9.33. The van der Waals surface area contributed by atoms with Crippen molar-refractivity contribution in [2.75, 3.05) is 20.2 Å². The minimum Gasteiger partial charge on any atom is -0.377 e. The third kappa shape index (κ3) is 1.59. The Bertz CT molecular complexity index is 236. The molecule has 3 atom stereocenters. The van der Waals surface area contributed by atoms with Crippen LogP contribution in [0.15, 0.2) is 0 Å². The SMILES string of the molecule is CN1CCC(OCC2(C)CC2)C2CC21. The Labute approximate surface area is 86.6 Å². The minimum atomic E-state index is 0.563. The maximum atomic E-state index is 6.09. The van der Waals surface area contributed by atoms with Crippen LogP contribution in [0, 0.1) is 11.3 Å². The van der Waals surface area contributed by atoms with Crippen LogP contribution in [0.25, 0.3) is 0 Å². The average molecular weight is 195 g/mol. The lowest BCUT2D eigenvalue weighted by Crippen LogP contribution is -2.36. The Morgan fingerprint density at radius 1 is 1.43 bits per heavy atom. The summed E-state index contributed by atoms with van der Waals surface area (Å²) in [4.78, 5) is 2.50. The number of nitrogens with zero attached hydrogens (tertiary/aromatic N) is 1. The quantitative estimate of drug-likeness (QED) is 0.682. The standard InChI is InChI=1S/C12H21NO/c1-12(4-5-12)8-14-11-3-6-13(2)10-7-9(10)11/h9-11H,3-8H2,1-2H3. The molecule has 0 aromatic heterocycles. The second kappa shape index (κ2) is 2.96. The number of ether oxygens (including phenoxy) is 1. The first-order valence-electron chi connectivity index (χ1n) is 6.00. The fourth-order valence-corrected chi connectivity index (χ4v) is 2.69. The van der Waals surface area contributed by atoms with E-state index in [4.69, 9.17) is 4.74 Å². The van der Waals surface area contributed by atoms with E-state index < -0.39 is 0 Å². The van der Waals surface area contributed by atoms with E-state index >= 15 is 0 Å². The van der Waals surface area contributed by atoms with Crippen molar-refractivity contribution < 1.29 is 4.74 Å². The number of hydrogen-bond donors (Lipinski definition) is 0. The van der Waals surface area contributed by atoms with E-state index in [2.05, 4.69) is 18.9 Å². The van der Waals surface area contributed by atoms with E-state index in [1.54, 1.807) is 0 Å².